The van der Waals surface area contributed by atoms with Gasteiger partial charge in [0.1, 0.15) is 5.75 Å². The molecule has 24 heavy (non-hydrogen) atoms. The zero-order valence-electron chi connectivity index (χ0n) is 15.1. The Morgan fingerprint density at radius 3 is 2.46 bits per heavy atom. The summed E-state index contributed by atoms with van der Waals surface area (Å²) in [5, 5.41) is 2.84. The Bertz CT molecular complexity index is 651. The van der Waals surface area contributed by atoms with Crippen molar-refractivity contribution in [1.82, 2.24) is 9.62 Å². The summed E-state index contributed by atoms with van der Waals surface area (Å²) >= 11 is 0. The number of benzene rings is 1. The van der Waals surface area contributed by atoms with E-state index >= 15 is 0 Å². The van der Waals surface area contributed by atoms with Crippen LogP contribution in [0.3, 0.4) is 0 Å². The van der Waals surface area contributed by atoms with Crippen LogP contribution in [0.5, 0.6) is 5.75 Å². The quantitative estimate of drug-likeness (QED) is 0.771. The van der Waals surface area contributed by atoms with Crippen molar-refractivity contribution in [3.63, 3.8) is 0 Å². The van der Waals surface area contributed by atoms with Crippen LogP contribution >= 0.6 is 0 Å². The Morgan fingerprint density at radius 2 is 1.92 bits per heavy atom. The van der Waals surface area contributed by atoms with Crippen LogP contribution in [0, 0.1) is 0 Å². The average molecular weight is 356 g/mol. The lowest BCUT2D eigenvalue weighted by molar-refractivity contribution is -0.122. The smallest absolute Gasteiger partial charge is 0.221 e. The molecule has 6 nitrogen and oxygen atoms in total. The maximum atomic E-state index is 11.9. The predicted molar refractivity (Wildman–Crippen MR) is 95.6 cm³/mol. The standard InChI is InChI=1S/C17H28N2O4S/c1-17(2,3)18-16(20)10-12-19(24(5,21)22)11-9-14-7-6-8-15(13-14)23-4/h6-8,13H,9-12H2,1-5H3,(H,18,20). The van der Waals surface area contributed by atoms with Crippen molar-refractivity contribution in [2.45, 2.75) is 39.2 Å². The normalized spacial score (nSPS) is 12.2. The van der Waals surface area contributed by atoms with Gasteiger partial charge in [0.25, 0.3) is 0 Å². The number of carbonyl (C=O) groups is 1. The molecule has 0 fully saturated rings. The molecule has 1 rings (SSSR count). The summed E-state index contributed by atoms with van der Waals surface area (Å²) in [6.07, 6.45) is 1.87. The molecule has 0 heterocycles. The third-order valence-corrected chi connectivity index (χ3v) is 4.66. The summed E-state index contributed by atoms with van der Waals surface area (Å²) < 4.78 is 30.4. The molecule has 0 aliphatic rings. The molecule has 0 aliphatic carbocycles. The summed E-state index contributed by atoms with van der Waals surface area (Å²) in [6.45, 7) is 6.17. The average Bonchev–Trinajstić information content (AvgIpc) is 2.44. The molecule has 1 aromatic carbocycles. The molecule has 0 saturated heterocycles. The number of carbonyl (C=O) groups excluding carboxylic acids is 1. The zero-order valence-corrected chi connectivity index (χ0v) is 15.9. The molecule has 0 aliphatic heterocycles. The fraction of sp³-hybridized carbons (Fsp3) is 0.588. The van der Waals surface area contributed by atoms with Gasteiger partial charge in [-0.25, -0.2) is 12.7 Å². The summed E-state index contributed by atoms with van der Waals surface area (Å²) in [7, 11) is -1.78. The van der Waals surface area contributed by atoms with Gasteiger partial charge in [-0.3, -0.25) is 4.79 Å². The van der Waals surface area contributed by atoms with Gasteiger partial charge in [0, 0.05) is 25.0 Å². The van der Waals surface area contributed by atoms with Gasteiger partial charge in [-0.1, -0.05) is 12.1 Å². The first kappa shape index (κ1) is 20.4. The number of hydrogen-bond donors (Lipinski definition) is 1. The molecule has 1 aromatic rings. The van der Waals surface area contributed by atoms with Crippen molar-refractivity contribution in [3.05, 3.63) is 29.8 Å². The number of ether oxygens (including phenoxy) is 1. The van der Waals surface area contributed by atoms with E-state index in [0.717, 1.165) is 11.3 Å². The minimum atomic E-state index is -3.37. The van der Waals surface area contributed by atoms with Crippen molar-refractivity contribution in [2.24, 2.45) is 0 Å². The molecule has 1 N–H and O–H groups in total. The first-order valence-corrected chi connectivity index (χ1v) is 9.75. The number of sulfonamides is 1. The van der Waals surface area contributed by atoms with E-state index in [2.05, 4.69) is 5.32 Å². The third-order valence-electron chi connectivity index (χ3n) is 3.36. The first-order chi connectivity index (χ1) is 11.0. The molecule has 0 spiro atoms. The Hall–Kier alpha value is -1.60. The fourth-order valence-electron chi connectivity index (χ4n) is 2.23. The van der Waals surface area contributed by atoms with Crippen LogP contribution in [0.4, 0.5) is 0 Å². The van der Waals surface area contributed by atoms with Crippen molar-refractivity contribution in [3.8, 4) is 5.75 Å². The summed E-state index contributed by atoms with van der Waals surface area (Å²) in [5.41, 5.74) is 0.662. The second-order valence-corrected chi connectivity index (χ2v) is 8.79. The van der Waals surface area contributed by atoms with Gasteiger partial charge >= 0.3 is 0 Å². The SMILES string of the molecule is COc1cccc(CCN(CCC(=O)NC(C)(C)C)S(C)(=O)=O)c1. The Balaban J connectivity index is 2.65. The van der Waals surface area contributed by atoms with Crippen LogP contribution in [-0.2, 0) is 21.2 Å². The van der Waals surface area contributed by atoms with Gasteiger partial charge in [-0.2, -0.15) is 0 Å². The topological polar surface area (TPSA) is 75.7 Å². The van der Waals surface area contributed by atoms with Crippen LogP contribution in [0.1, 0.15) is 32.8 Å². The summed E-state index contributed by atoms with van der Waals surface area (Å²) in [6, 6.07) is 7.52. The molecule has 0 unspecified atom stereocenters. The molecule has 7 heteroatoms. The number of nitrogens with one attached hydrogen (secondary N) is 1. The number of hydrogen-bond acceptors (Lipinski definition) is 4. The van der Waals surface area contributed by atoms with Gasteiger partial charge in [0.2, 0.25) is 15.9 Å². The molecule has 0 radical (unpaired) electrons. The lowest BCUT2D eigenvalue weighted by Crippen LogP contribution is -2.42. The van der Waals surface area contributed by atoms with E-state index in [1.165, 1.54) is 10.6 Å². The summed E-state index contributed by atoms with van der Waals surface area (Å²) in [4.78, 5) is 11.9. The Labute approximate surface area is 145 Å². The van der Waals surface area contributed by atoms with E-state index in [1.54, 1.807) is 7.11 Å². The lowest BCUT2D eigenvalue weighted by Gasteiger charge is -2.23. The largest absolute Gasteiger partial charge is 0.497 e. The highest BCUT2D eigenvalue weighted by Gasteiger charge is 2.19. The molecule has 0 aromatic heterocycles. The molecule has 1 amide bonds. The van der Waals surface area contributed by atoms with Crippen molar-refractivity contribution in [1.29, 1.82) is 0 Å². The molecule has 136 valence electrons. The van der Waals surface area contributed by atoms with Crippen molar-refractivity contribution >= 4 is 15.9 Å². The predicted octanol–water partition coefficient (Wildman–Crippen LogP) is 1.80. The number of methoxy groups -OCH3 is 1. The van der Waals surface area contributed by atoms with Gasteiger partial charge < -0.3 is 10.1 Å². The van der Waals surface area contributed by atoms with Crippen LogP contribution < -0.4 is 10.1 Å². The third kappa shape index (κ3) is 7.79. The highest BCUT2D eigenvalue weighted by molar-refractivity contribution is 7.88. The van der Waals surface area contributed by atoms with Crippen LogP contribution in [0.25, 0.3) is 0 Å². The lowest BCUT2D eigenvalue weighted by atomic mass is 10.1. The summed E-state index contributed by atoms with van der Waals surface area (Å²) in [5.74, 6) is 0.584. The van der Waals surface area contributed by atoms with Crippen LogP contribution in [-0.4, -0.2) is 50.6 Å². The van der Waals surface area contributed by atoms with Gasteiger partial charge in [-0.15, -0.1) is 0 Å². The van der Waals surface area contributed by atoms with Crippen LogP contribution in [0.2, 0.25) is 0 Å². The minimum Gasteiger partial charge on any atom is -0.497 e. The Morgan fingerprint density at radius 1 is 1.25 bits per heavy atom. The molecule has 0 atom stereocenters. The number of amides is 1. The number of nitrogens with zero attached hydrogens (tertiary/aromatic N) is 1. The molecular weight excluding hydrogens is 328 g/mol. The second kappa shape index (κ2) is 8.48. The fourth-order valence-corrected chi connectivity index (χ4v) is 3.08. The van der Waals surface area contributed by atoms with Crippen LogP contribution in [0.15, 0.2) is 24.3 Å². The molecule has 0 saturated carbocycles. The van der Waals surface area contributed by atoms with E-state index in [4.69, 9.17) is 4.74 Å². The monoisotopic (exact) mass is 356 g/mol. The highest BCUT2D eigenvalue weighted by Crippen LogP contribution is 2.14. The maximum Gasteiger partial charge on any atom is 0.221 e. The first-order valence-electron chi connectivity index (χ1n) is 7.90. The van der Waals surface area contributed by atoms with Gasteiger partial charge in [-0.05, 0) is 44.9 Å². The van der Waals surface area contributed by atoms with Gasteiger partial charge in [0.15, 0.2) is 0 Å². The van der Waals surface area contributed by atoms with E-state index < -0.39 is 10.0 Å². The van der Waals surface area contributed by atoms with E-state index in [-0.39, 0.29) is 24.4 Å². The van der Waals surface area contributed by atoms with E-state index in [1.807, 2.05) is 45.0 Å². The van der Waals surface area contributed by atoms with Crippen molar-refractivity contribution < 1.29 is 17.9 Å². The zero-order chi connectivity index (χ0) is 18.4. The van der Waals surface area contributed by atoms with E-state index in [0.29, 0.717) is 13.0 Å². The molecule has 0 bridgehead atoms. The van der Waals surface area contributed by atoms with Gasteiger partial charge in [0.05, 0.1) is 13.4 Å². The minimum absolute atomic E-state index is 0.141. The number of rotatable bonds is 8. The maximum absolute atomic E-state index is 11.9. The van der Waals surface area contributed by atoms with Crippen molar-refractivity contribution in [2.75, 3.05) is 26.5 Å². The Kier molecular flexibility index (Phi) is 7.23. The highest BCUT2D eigenvalue weighted by atomic mass is 32.2. The molecular formula is C17H28N2O4S. The second-order valence-electron chi connectivity index (χ2n) is 6.81. The van der Waals surface area contributed by atoms with E-state index in [9.17, 15) is 13.2 Å².